The van der Waals surface area contributed by atoms with Crippen LogP contribution in [0.1, 0.15) is 25.2 Å². The molecule has 0 fully saturated rings. The van der Waals surface area contributed by atoms with E-state index in [1.165, 1.54) is 0 Å². The number of hydrogen-bond donors (Lipinski definition) is 0. The first kappa shape index (κ1) is 23.5. The minimum atomic E-state index is -0.455. The summed E-state index contributed by atoms with van der Waals surface area (Å²) in [7, 11) is 0. The van der Waals surface area contributed by atoms with Crippen molar-refractivity contribution in [2.45, 2.75) is 13.8 Å². The second-order valence-electron chi connectivity index (χ2n) is 8.17. The van der Waals surface area contributed by atoms with Crippen molar-refractivity contribution in [3.63, 3.8) is 0 Å². The first-order chi connectivity index (χ1) is 16.8. The molecule has 5 nitrogen and oxygen atoms in total. The van der Waals surface area contributed by atoms with Crippen LogP contribution < -0.4 is 9.47 Å². The predicted molar refractivity (Wildman–Crippen MR) is 138 cm³/mol. The molecule has 0 atom stereocenters. The average molecular weight is 465 g/mol. The molecular formula is C30H24O5. The van der Waals surface area contributed by atoms with Crippen molar-refractivity contribution in [1.82, 2.24) is 0 Å². The Balaban J connectivity index is 1.45. The first-order valence-electron chi connectivity index (χ1n) is 11.0. The van der Waals surface area contributed by atoms with Gasteiger partial charge in [0.05, 0.1) is 0 Å². The summed E-state index contributed by atoms with van der Waals surface area (Å²) in [5.41, 5.74) is 2.57. The van der Waals surface area contributed by atoms with Crippen LogP contribution >= 0.6 is 0 Å². The SMILES string of the molecule is C=C(C)C(=O)Oc1ccc(-c2ccc(C=Cc3ccc4cc(OC(=O)C(=C)C)ccc4c3)o2)cc1. The van der Waals surface area contributed by atoms with Crippen molar-refractivity contribution in [1.29, 1.82) is 0 Å². The van der Waals surface area contributed by atoms with Crippen LogP contribution in [0.15, 0.2) is 102 Å². The Kier molecular flexibility index (Phi) is 6.78. The first-order valence-corrected chi connectivity index (χ1v) is 11.0. The topological polar surface area (TPSA) is 65.7 Å². The highest BCUT2D eigenvalue weighted by Gasteiger charge is 2.08. The van der Waals surface area contributed by atoms with E-state index in [-0.39, 0.29) is 0 Å². The van der Waals surface area contributed by atoms with Crippen molar-refractivity contribution < 1.29 is 23.5 Å². The number of carbonyl (C=O) groups excluding carboxylic acids is 2. The van der Waals surface area contributed by atoms with E-state index in [4.69, 9.17) is 13.9 Å². The molecule has 3 aromatic carbocycles. The summed E-state index contributed by atoms with van der Waals surface area (Å²) in [6.07, 6.45) is 3.87. The third kappa shape index (κ3) is 5.84. The number of carbonyl (C=O) groups is 2. The predicted octanol–water partition coefficient (Wildman–Crippen LogP) is 7.23. The minimum absolute atomic E-state index is 0.344. The molecule has 0 bridgehead atoms. The standard InChI is InChI=1S/C30H24O5/c1-19(2)29(31)34-26-12-8-22(9-13-26)28-16-15-25(33-28)11-6-21-5-7-24-18-27(14-10-23(24)17-21)35-30(32)20(3)4/h5-18H,1,3H2,2,4H3. The third-order valence-corrected chi connectivity index (χ3v) is 5.16. The molecule has 0 aliphatic carbocycles. The summed E-state index contributed by atoms with van der Waals surface area (Å²) in [5, 5.41) is 1.99. The molecule has 0 aliphatic rings. The zero-order valence-corrected chi connectivity index (χ0v) is 19.5. The maximum atomic E-state index is 11.7. The van der Waals surface area contributed by atoms with E-state index < -0.39 is 11.9 Å². The Morgan fingerprint density at radius 2 is 1.31 bits per heavy atom. The summed E-state index contributed by atoms with van der Waals surface area (Å²) in [5.74, 6) is 1.45. The Morgan fingerprint density at radius 1 is 0.714 bits per heavy atom. The van der Waals surface area contributed by atoms with Gasteiger partial charge in [0.2, 0.25) is 0 Å². The molecule has 1 heterocycles. The lowest BCUT2D eigenvalue weighted by Gasteiger charge is -2.06. The third-order valence-electron chi connectivity index (χ3n) is 5.16. The molecule has 4 rings (SSSR count). The number of rotatable bonds is 7. The van der Waals surface area contributed by atoms with Crippen molar-refractivity contribution in [3.8, 4) is 22.8 Å². The molecule has 174 valence electrons. The molecule has 0 aliphatic heterocycles. The van der Waals surface area contributed by atoms with Crippen LogP contribution in [0, 0.1) is 0 Å². The Hall–Kier alpha value is -4.64. The number of ether oxygens (including phenoxy) is 2. The highest BCUT2D eigenvalue weighted by atomic mass is 16.5. The fraction of sp³-hybridized carbons (Fsp3) is 0.0667. The number of hydrogen-bond acceptors (Lipinski definition) is 5. The van der Waals surface area contributed by atoms with Crippen LogP contribution in [0.2, 0.25) is 0 Å². The number of esters is 2. The molecule has 0 unspecified atom stereocenters. The molecule has 0 saturated carbocycles. The molecule has 0 saturated heterocycles. The lowest BCUT2D eigenvalue weighted by Crippen LogP contribution is -2.07. The van der Waals surface area contributed by atoms with Crippen LogP contribution in [0.3, 0.4) is 0 Å². The Morgan fingerprint density at radius 3 is 2.00 bits per heavy atom. The molecule has 1 aromatic heterocycles. The van der Waals surface area contributed by atoms with Crippen LogP contribution in [-0.2, 0) is 9.59 Å². The van der Waals surface area contributed by atoms with Crippen LogP contribution in [-0.4, -0.2) is 11.9 Å². The van der Waals surface area contributed by atoms with Crippen LogP contribution in [0.25, 0.3) is 34.2 Å². The monoisotopic (exact) mass is 464 g/mol. The van der Waals surface area contributed by atoms with Crippen molar-refractivity contribution in [2.75, 3.05) is 0 Å². The maximum Gasteiger partial charge on any atom is 0.338 e. The second kappa shape index (κ2) is 10.1. The molecule has 35 heavy (non-hydrogen) atoms. The van der Waals surface area contributed by atoms with Gasteiger partial charge in [-0.25, -0.2) is 9.59 Å². The lowest BCUT2D eigenvalue weighted by atomic mass is 10.1. The summed E-state index contributed by atoms with van der Waals surface area (Å²) in [6.45, 7) is 10.4. The van der Waals surface area contributed by atoms with E-state index in [1.54, 1.807) is 32.0 Å². The van der Waals surface area contributed by atoms with Gasteiger partial charge in [-0.3, -0.25) is 0 Å². The number of benzene rings is 3. The van der Waals surface area contributed by atoms with Gasteiger partial charge in [-0.1, -0.05) is 37.4 Å². The maximum absolute atomic E-state index is 11.7. The van der Waals surface area contributed by atoms with E-state index in [0.717, 1.165) is 21.9 Å². The van der Waals surface area contributed by atoms with E-state index >= 15 is 0 Å². The summed E-state index contributed by atoms with van der Waals surface area (Å²) in [6, 6.07) is 22.4. The van der Waals surface area contributed by atoms with Crippen LogP contribution in [0.4, 0.5) is 0 Å². The quantitative estimate of drug-likeness (QED) is 0.164. The smallest absolute Gasteiger partial charge is 0.338 e. The zero-order valence-electron chi connectivity index (χ0n) is 19.5. The molecule has 4 aromatic rings. The molecule has 0 amide bonds. The minimum Gasteiger partial charge on any atom is -0.457 e. The molecule has 0 N–H and O–H groups in total. The Bertz CT molecular complexity index is 1470. The van der Waals surface area contributed by atoms with E-state index in [1.807, 2.05) is 66.7 Å². The van der Waals surface area contributed by atoms with Gasteiger partial charge in [-0.05, 0) is 90.9 Å². The molecule has 0 spiro atoms. The normalized spacial score (nSPS) is 10.9. The van der Waals surface area contributed by atoms with Gasteiger partial charge in [0.1, 0.15) is 23.0 Å². The molecule has 5 heteroatoms. The average Bonchev–Trinajstić information content (AvgIpc) is 3.32. The summed E-state index contributed by atoms with van der Waals surface area (Å²) in [4.78, 5) is 23.4. The van der Waals surface area contributed by atoms with Gasteiger partial charge < -0.3 is 13.9 Å². The fourth-order valence-electron chi connectivity index (χ4n) is 3.26. The summed E-state index contributed by atoms with van der Waals surface area (Å²) >= 11 is 0. The van der Waals surface area contributed by atoms with E-state index in [9.17, 15) is 9.59 Å². The second-order valence-corrected chi connectivity index (χ2v) is 8.17. The fourth-order valence-corrected chi connectivity index (χ4v) is 3.26. The Labute approximate surface area is 203 Å². The van der Waals surface area contributed by atoms with Gasteiger partial charge in [0.25, 0.3) is 0 Å². The van der Waals surface area contributed by atoms with Crippen LogP contribution in [0.5, 0.6) is 11.5 Å². The molecule has 0 radical (unpaired) electrons. The van der Waals surface area contributed by atoms with Gasteiger partial charge in [0, 0.05) is 16.7 Å². The van der Waals surface area contributed by atoms with Gasteiger partial charge in [-0.2, -0.15) is 0 Å². The summed E-state index contributed by atoms with van der Waals surface area (Å²) < 4.78 is 16.5. The highest BCUT2D eigenvalue weighted by Crippen LogP contribution is 2.27. The van der Waals surface area contributed by atoms with Gasteiger partial charge >= 0.3 is 11.9 Å². The number of furan rings is 1. The number of fused-ring (bicyclic) bond motifs is 1. The van der Waals surface area contributed by atoms with Crippen molar-refractivity contribution >= 4 is 34.9 Å². The van der Waals surface area contributed by atoms with Crippen molar-refractivity contribution in [2.24, 2.45) is 0 Å². The lowest BCUT2D eigenvalue weighted by molar-refractivity contribution is -0.130. The van der Waals surface area contributed by atoms with Gasteiger partial charge in [-0.15, -0.1) is 0 Å². The van der Waals surface area contributed by atoms with E-state index in [0.29, 0.717) is 34.2 Å². The van der Waals surface area contributed by atoms with Crippen molar-refractivity contribution in [3.05, 3.63) is 108 Å². The van der Waals surface area contributed by atoms with Gasteiger partial charge in [0.15, 0.2) is 0 Å². The largest absolute Gasteiger partial charge is 0.457 e. The molecular weight excluding hydrogens is 440 g/mol. The van der Waals surface area contributed by atoms with E-state index in [2.05, 4.69) is 13.2 Å². The highest BCUT2D eigenvalue weighted by molar-refractivity contribution is 5.91. The zero-order chi connectivity index (χ0) is 24.9.